The van der Waals surface area contributed by atoms with Crippen LogP contribution in [0.2, 0.25) is 0 Å². The average Bonchev–Trinajstić information content (AvgIpc) is 3.33. The lowest BCUT2D eigenvalue weighted by atomic mass is 9.94. The van der Waals surface area contributed by atoms with Crippen molar-refractivity contribution < 1.29 is 27.6 Å². The van der Waals surface area contributed by atoms with Crippen molar-refractivity contribution in [3.8, 4) is 11.1 Å². The molecular formula is C20H20F3N5O3. The number of amides is 4. The molecule has 2 fully saturated rings. The van der Waals surface area contributed by atoms with Gasteiger partial charge in [0, 0.05) is 12.1 Å². The van der Waals surface area contributed by atoms with Gasteiger partial charge in [-0.25, -0.2) is 4.79 Å². The van der Waals surface area contributed by atoms with Gasteiger partial charge in [0.2, 0.25) is 11.8 Å². The third kappa shape index (κ3) is 4.25. The number of rotatable bonds is 4. The molecule has 2 N–H and O–H groups in total. The van der Waals surface area contributed by atoms with Crippen LogP contribution in [0.15, 0.2) is 30.5 Å². The fraction of sp³-hybridized carbons (Fsp3) is 0.400. The molecule has 11 heteroatoms. The number of likely N-dealkylation sites (tertiary alicyclic amines) is 1. The molecule has 1 atom stereocenters. The summed E-state index contributed by atoms with van der Waals surface area (Å²) < 4.78 is 38.6. The van der Waals surface area contributed by atoms with E-state index in [0.29, 0.717) is 29.8 Å². The zero-order valence-electron chi connectivity index (χ0n) is 16.4. The molecule has 4 amide bonds. The molecule has 2 aromatic rings. The van der Waals surface area contributed by atoms with E-state index in [-0.39, 0.29) is 25.0 Å². The van der Waals surface area contributed by atoms with Crippen molar-refractivity contribution in [3.63, 3.8) is 0 Å². The van der Waals surface area contributed by atoms with Crippen LogP contribution in [0.1, 0.15) is 36.6 Å². The highest BCUT2D eigenvalue weighted by Gasteiger charge is 2.35. The Morgan fingerprint density at radius 1 is 1.16 bits per heavy atom. The van der Waals surface area contributed by atoms with E-state index in [2.05, 4.69) is 15.5 Å². The Morgan fingerprint density at radius 2 is 1.90 bits per heavy atom. The maximum atomic E-state index is 12.9. The highest BCUT2D eigenvalue weighted by Crippen LogP contribution is 2.37. The summed E-state index contributed by atoms with van der Waals surface area (Å²) in [7, 11) is 0. The van der Waals surface area contributed by atoms with Crippen LogP contribution in [-0.4, -0.2) is 57.5 Å². The van der Waals surface area contributed by atoms with Crippen molar-refractivity contribution in [1.29, 1.82) is 0 Å². The molecule has 1 unspecified atom stereocenters. The van der Waals surface area contributed by atoms with Gasteiger partial charge in [-0.15, -0.1) is 0 Å². The molecule has 0 spiro atoms. The molecule has 0 aliphatic carbocycles. The second-order valence-electron chi connectivity index (χ2n) is 7.58. The number of carbonyl (C=O) groups excluding carboxylic acids is 3. The predicted molar refractivity (Wildman–Crippen MR) is 102 cm³/mol. The molecule has 8 nitrogen and oxygen atoms in total. The van der Waals surface area contributed by atoms with Crippen LogP contribution in [0, 0.1) is 0 Å². The van der Waals surface area contributed by atoms with Crippen molar-refractivity contribution in [1.82, 2.24) is 25.3 Å². The lowest BCUT2D eigenvalue weighted by Gasteiger charge is -2.36. The number of aromatic nitrogens is 2. The van der Waals surface area contributed by atoms with Gasteiger partial charge in [-0.3, -0.25) is 20.0 Å². The topological polar surface area (TPSA) is 98.4 Å². The van der Waals surface area contributed by atoms with Crippen molar-refractivity contribution in [2.45, 2.75) is 31.5 Å². The number of piperidine rings is 1. The number of nitrogens with one attached hydrogen (secondary N) is 2. The van der Waals surface area contributed by atoms with Gasteiger partial charge >= 0.3 is 12.2 Å². The standard InChI is InChI=1S/C20H20F3N5O3/c21-20(22,23)13-6-4-12(5-7-13)14-9-24-26-18(14)15-3-1-2-8-28(15)17(30)11-27-10-16(29)25-19(27)31/h4-7,9,15H,1-3,8,10-11H2,(H,24,26)(H,25,29,31). The first-order chi connectivity index (χ1) is 14.7. The van der Waals surface area contributed by atoms with Crippen molar-refractivity contribution in [2.75, 3.05) is 19.6 Å². The molecule has 1 aromatic heterocycles. The van der Waals surface area contributed by atoms with Gasteiger partial charge in [-0.1, -0.05) is 12.1 Å². The Kier molecular flexibility index (Phi) is 5.42. The third-order valence-electron chi connectivity index (χ3n) is 5.54. The largest absolute Gasteiger partial charge is 0.416 e. The number of aromatic amines is 1. The molecule has 31 heavy (non-hydrogen) atoms. The smallest absolute Gasteiger partial charge is 0.333 e. The van der Waals surface area contributed by atoms with Gasteiger partial charge in [0.25, 0.3) is 0 Å². The van der Waals surface area contributed by atoms with Crippen LogP contribution >= 0.6 is 0 Å². The Labute approximate surface area is 175 Å². The number of hydrogen-bond acceptors (Lipinski definition) is 4. The summed E-state index contributed by atoms with van der Waals surface area (Å²) in [6.45, 7) is 0.0835. The quantitative estimate of drug-likeness (QED) is 0.722. The van der Waals surface area contributed by atoms with E-state index in [0.717, 1.165) is 29.9 Å². The van der Waals surface area contributed by atoms with E-state index < -0.39 is 23.7 Å². The molecule has 1 aromatic carbocycles. The second-order valence-corrected chi connectivity index (χ2v) is 7.58. The summed E-state index contributed by atoms with van der Waals surface area (Å²) in [5.41, 5.74) is 1.07. The zero-order chi connectivity index (χ0) is 22.2. The highest BCUT2D eigenvalue weighted by atomic mass is 19.4. The van der Waals surface area contributed by atoms with Crippen molar-refractivity contribution in [3.05, 3.63) is 41.7 Å². The minimum absolute atomic E-state index is 0.163. The monoisotopic (exact) mass is 435 g/mol. The number of halogens is 3. The van der Waals surface area contributed by atoms with E-state index >= 15 is 0 Å². The summed E-state index contributed by atoms with van der Waals surface area (Å²) >= 11 is 0. The SMILES string of the molecule is O=C1CN(CC(=O)N2CCCCC2c2[nH]ncc2-c2ccc(C(F)(F)F)cc2)C(=O)N1. The summed E-state index contributed by atoms with van der Waals surface area (Å²) in [5.74, 6) is -0.756. The first-order valence-corrected chi connectivity index (χ1v) is 9.83. The number of imide groups is 1. The molecule has 2 aliphatic heterocycles. The number of alkyl halides is 3. The number of benzene rings is 1. The first kappa shape index (κ1) is 20.9. The van der Waals surface area contributed by atoms with E-state index in [1.54, 1.807) is 4.90 Å². The maximum absolute atomic E-state index is 12.9. The maximum Gasteiger partial charge on any atom is 0.416 e. The summed E-state index contributed by atoms with van der Waals surface area (Å²) in [6.07, 6.45) is -0.595. The van der Waals surface area contributed by atoms with E-state index in [9.17, 15) is 27.6 Å². The lowest BCUT2D eigenvalue weighted by Crippen LogP contribution is -2.45. The predicted octanol–water partition coefficient (Wildman–Crippen LogP) is 2.70. The molecule has 2 aliphatic rings. The molecule has 0 bridgehead atoms. The normalized spacial score (nSPS) is 19.6. The summed E-state index contributed by atoms with van der Waals surface area (Å²) in [4.78, 5) is 38.9. The van der Waals surface area contributed by atoms with Crippen LogP contribution < -0.4 is 5.32 Å². The minimum Gasteiger partial charge on any atom is -0.333 e. The summed E-state index contributed by atoms with van der Waals surface area (Å²) in [5, 5.41) is 9.10. The molecule has 4 rings (SSSR count). The van der Waals surface area contributed by atoms with Crippen molar-refractivity contribution in [2.24, 2.45) is 0 Å². The minimum atomic E-state index is -4.42. The van der Waals surface area contributed by atoms with Crippen LogP contribution in [0.4, 0.5) is 18.0 Å². The highest BCUT2D eigenvalue weighted by molar-refractivity contribution is 6.03. The van der Waals surface area contributed by atoms with E-state index in [1.165, 1.54) is 18.3 Å². The fourth-order valence-electron chi connectivity index (χ4n) is 4.01. The zero-order valence-corrected chi connectivity index (χ0v) is 16.4. The second kappa shape index (κ2) is 8.05. The van der Waals surface area contributed by atoms with Crippen LogP contribution in [-0.2, 0) is 15.8 Å². The van der Waals surface area contributed by atoms with Crippen LogP contribution in [0.5, 0.6) is 0 Å². The van der Waals surface area contributed by atoms with E-state index in [4.69, 9.17) is 0 Å². The molecule has 2 saturated heterocycles. The van der Waals surface area contributed by atoms with Crippen molar-refractivity contribution >= 4 is 17.8 Å². The number of urea groups is 1. The van der Waals surface area contributed by atoms with Gasteiger partial charge in [0.15, 0.2) is 0 Å². The molecule has 0 radical (unpaired) electrons. The number of hydrogen-bond donors (Lipinski definition) is 2. The molecule has 164 valence electrons. The summed E-state index contributed by atoms with van der Waals surface area (Å²) in [6, 6.07) is 3.83. The Balaban J connectivity index is 1.57. The van der Waals surface area contributed by atoms with Gasteiger partial charge in [-0.05, 0) is 37.0 Å². The Hall–Kier alpha value is -3.37. The Morgan fingerprint density at radius 3 is 2.55 bits per heavy atom. The van der Waals surface area contributed by atoms with Gasteiger partial charge in [-0.2, -0.15) is 18.3 Å². The van der Waals surface area contributed by atoms with Gasteiger partial charge in [0.1, 0.15) is 13.1 Å². The first-order valence-electron chi connectivity index (χ1n) is 9.83. The van der Waals surface area contributed by atoms with Gasteiger partial charge < -0.3 is 9.80 Å². The average molecular weight is 435 g/mol. The Bertz CT molecular complexity index is 1000. The number of H-pyrrole nitrogens is 1. The molecule has 3 heterocycles. The fourth-order valence-corrected chi connectivity index (χ4v) is 4.01. The molecule has 0 saturated carbocycles. The van der Waals surface area contributed by atoms with E-state index in [1.807, 2.05) is 0 Å². The van der Waals surface area contributed by atoms with Crippen LogP contribution in [0.3, 0.4) is 0 Å². The lowest BCUT2D eigenvalue weighted by molar-refractivity contribution is -0.138. The van der Waals surface area contributed by atoms with Gasteiger partial charge in [0.05, 0.1) is 23.5 Å². The number of nitrogens with zero attached hydrogens (tertiary/aromatic N) is 3. The third-order valence-corrected chi connectivity index (χ3v) is 5.54. The van der Waals surface area contributed by atoms with Crippen LogP contribution in [0.25, 0.3) is 11.1 Å². The number of carbonyl (C=O) groups is 3. The molecular weight excluding hydrogens is 415 g/mol.